The van der Waals surface area contributed by atoms with Gasteiger partial charge >= 0.3 is 0 Å². The monoisotopic (exact) mass is 372 g/mol. The van der Waals surface area contributed by atoms with Crippen LogP contribution in [0, 0.1) is 11.3 Å². The van der Waals surface area contributed by atoms with Gasteiger partial charge in [0.05, 0.1) is 19.6 Å². The summed E-state index contributed by atoms with van der Waals surface area (Å²) in [6.45, 7) is 4.67. The number of methoxy groups -OCH3 is 2. The van der Waals surface area contributed by atoms with Crippen LogP contribution < -0.4 is 9.47 Å². The molecule has 1 atom stereocenters. The zero-order valence-corrected chi connectivity index (χ0v) is 16.7. The second-order valence-electron chi connectivity index (χ2n) is 8.55. The predicted molar refractivity (Wildman–Crippen MR) is 105 cm³/mol. The van der Waals surface area contributed by atoms with Gasteiger partial charge in [-0.2, -0.15) is 0 Å². The summed E-state index contributed by atoms with van der Waals surface area (Å²) in [4.78, 5) is 18.1. The molecular weight excluding hydrogens is 340 g/mol. The van der Waals surface area contributed by atoms with Crippen LogP contribution in [0.3, 0.4) is 0 Å². The molecule has 27 heavy (non-hydrogen) atoms. The molecule has 0 N–H and O–H groups in total. The lowest BCUT2D eigenvalue weighted by Gasteiger charge is -2.40. The van der Waals surface area contributed by atoms with E-state index < -0.39 is 0 Å². The molecule has 0 bridgehead atoms. The molecule has 4 rings (SSSR count). The molecule has 1 spiro atoms. The summed E-state index contributed by atoms with van der Waals surface area (Å²) >= 11 is 0. The normalized spacial score (nSPS) is 26.4. The fraction of sp³-hybridized carbons (Fsp3) is 0.682. The van der Waals surface area contributed by atoms with Crippen molar-refractivity contribution in [3.8, 4) is 11.5 Å². The summed E-state index contributed by atoms with van der Waals surface area (Å²) in [6, 6.07) is 5.90. The Morgan fingerprint density at radius 1 is 1.11 bits per heavy atom. The van der Waals surface area contributed by atoms with Gasteiger partial charge in [-0.25, -0.2) is 0 Å². The lowest BCUT2D eigenvalue weighted by molar-refractivity contribution is -0.146. The number of hydrogen-bond acceptors (Lipinski definition) is 4. The molecule has 0 aromatic heterocycles. The number of piperidine rings is 1. The summed E-state index contributed by atoms with van der Waals surface area (Å²) in [5.41, 5.74) is 0.861. The van der Waals surface area contributed by atoms with E-state index in [1.807, 2.05) is 23.1 Å². The fourth-order valence-electron chi connectivity index (χ4n) is 5.12. The number of ether oxygens (including phenoxy) is 2. The number of likely N-dealkylation sites (tertiary alicyclic amines) is 2. The van der Waals surface area contributed by atoms with E-state index in [0.717, 1.165) is 61.9 Å². The van der Waals surface area contributed by atoms with Crippen molar-refractivity contribution in [2.75, 3.05) is 40.4 Å². The van der Waals surface area contributed by atoms with E-state index in [9.17, 15) is 4.79 Å². The topological polar surface area (TPSA) is 42.0 Å². The van der Waals surface area contributed by atoms with Gasteiger partial charge in [0.15, 0.2) is 11.5 Å². The molecule has 3 fully saturated rings. The zero-order chi connectivity index (χ0) is 18.9. The van der Waals surface area contributed by atoms with Crippen LogP contribution in [0.4, 0.5) is 0 Å². The number of amides is 1. The zero-order valence-electron chi connectivity index (χ0n) is 16.7. The first-order chi connectivity index (χ1) is 13.1. The van der Waals surface area contributed by atoms with Gasteiger partial charge in [-0.3, -0.25) is 4.79 Å². The molecule has 2 aliphatic heterocycles. The van der Waals surface area contributed by atoms with Gasteiger partial charge in [-0.05, 0) is 50.6 Å². The van der Waals surface area contributed by atoms with Crippen molar-refractivity contribution in [2.45, 2.75) is 45.1 Å². The van der Waals surface area contributed by atoms with Crippen LogP contribution in [-0.4, -0.2) is 56.1 Å². The first kappa shape index (κ1) is 18.6. The highest BCUT2D eigenvalue weighted by Crippen LogP contribution is 2.42. The molecule has 1 unspecified atom stereocenters. The quantitative estimate of drug-likeness (QED) is 0.768. The highest BCUT2D eigenvalue weighted by atomic mass is 16.5. The van der Waals surface area contributed by atoms with Crippen molar-refractivity contribution in [1.82, 2.24) is 9.80 Å². The maximum Gasteiger partial charge on any atom is 0.230 e. The number of nitrogens with zero attached hydrogens (tertiary/aromatic N) is 2. The molecule has 0 radical (unpaired) electrons. The van der Waals surface area contributed by atoms with E-state index in [2.05, 4.69) is 4.90 Å². The first-order valence-electron chi connectivity index (χ1n) is 10.4. The molecule has 1 saturated carbocycles. The van der Waals surface area contributed by atoms with E-state index in [1.54, 1.807) is 14.2 Å². The average molecular weight is 373 g/mol. The summed E-state index contributed by atoms with van der Waals surface area (Å²) in [5.74, 6) is 2.68. The van der Waals surface area contributed by atoms with Gasteiger partial charge in [0, 0.05) is 31.7 Å². The third kappa shape index (κ3) is 3.54. The molecule has 1 aliphatic carbocycles. The largest absolute Gasteiger partial charge is 0.493 e. The molecule has 5 nitrogen and oxygen atoms in total. The summed E-state index contributed by atoms with van der Waals surface area (Å²) in [7, 11) is 3.31. The molecule has 2 heterocycles. The Kier molecular flexibility index (Phi) is 5.31. The van der Waals surface area contributed by atoms with Crippen molar-refractivity contribution in [2.24, 2.45) is 11.3 Å². The lowest BCUT2D eigenvalue weighted by Crippen LogP contribution is -2.49. The summed E-state index contributed by atoms with van der Waals surface area (Å²) in [6.07, 6.45) is 7.29. The maximum atomic E-state index is 13.5. The maximum absolute atomic E-state index is 13.5. The highest BCUT2D eigenvalue weighted by molar-refractivity contribution is 5.84. The molecule has 2 saturated heterocycles. The van der Waals surface area contributed by atoms with Crippen molar-refractivity contribution in [3.63, 3.8) is 0 Å². The number of benzene rings is 1. The van der Waals surface area contributed by atoms with Gasteiger partial charge in [0.25, 0.3) is 0 Å². The highest BCUT2D eigenvalue weighted by Gasteiger charge is 2.48. The molecule has 5 heteroatoms. The number of rotatable bonds is 6. The number of carbonyl (C=O) groups excluding carboxylic acids is 1. The Bertz CT molecular complexity index is 688. The minimum atomic E-state index is -0.159. The van der Waals surface area contributed by atoms with Gasteiger partial charge in [-0.15, -0.1) is 0 Å². The van der Waals surface area contributed by atoms with Gasteiger partial charge < -0.3 is 19.3 Å². The van der Waals surface area contributed by atoms with Crippen molar-refractivity contribution >= 4 is 5.91 Å². The van der Waals surface area contributed by atoms with E-state index in [1.165, 1.54) is 25.8 Å². The van der Waals surface area contributed by atoms with Crippen LogP contribution in [0.5, 0.6) is 11.5 Å². The minimum absolute atomic E-state index is 0.159. The van der Waals surface area contributed by atoms with Crippen molar-refractivity contribution < 1.29 is 14.3 Å². The molecular formula is C22H32N2O3. The number of para-hydroxylation sites is 1. The SMILES string of the molecule is COc1cccc(CN2CCCC3(CCN(CC4CCC4)C3)C2=O)c1OC. The smallest absolute Gasteiger partial charge is 0.230 e. The number of carbonyl (C=O) groups is 1. The van der Waals surface area contributed by atoms with Gasteiger partial charge in [0.1, 0.15) is 0 Å². The van der Waals surface area contributed by atoms with Crippen LogP contribution >= 0.6 is 0 Å². The summed E-state index contributed by atoms with van der Waals surface area (Å²) < 4.78 is 11.0. The van der Waals surface area contributed by atoms with Crippen LogP contribution in [-0.2, 0) is 11.3 Å². The van der Waals surface area contributed by atoms with Gasteiger partial charge in [-0.1, -0.05) is 18.6 Å². The fourth-order valence-corrected chi connectivity index (χ4v) is 5.12. The van der Waals surface area contributed by atoms with Crippen molar-refractivity contribution in [3.05, 3.63) is 23.8 Å². The molecule has 148 valence electrons. The van der Waals surface area contributed by atoms with E-state index >= 15 is 0 Å². The van der Waals surface area contributed by atoms with Crippen LogP contribution in [0.2, 0.25) is 0 Å². The Labute approximate surface area is 162 Å². The van der Waals surface area contributed by atoms with Crippen molar-refractivity contribution in [1.29, 1.82) is 0 Å². The third-order valence-electron chi connectivity index (χ3n) is 6.84. The Hall–Kier alpha value is -1.75. The van der Waals surface area contributed by atoms with E-state index in [0.29, 0.717) is 12.5 Å². The second-order valence-corrected chi connectivity index (χ2v) is 8.55. The first-order valence-corrected chi connectivity index (χ1v) is 10.4. The van der Waals surface area contributed by atoms with E-state index in [-0.39, 0.29) is 5.41 Å². The van der Waals surface area contributed by atoms with E-state index in [4.69, 9.17) is 9.47 Å². The van der Waals surface area contributed by atoms with Crippen LogP contribution in [0.15, 0.2) is 18.2 Å². The second kappa shape index (κ2) is 7.70. The number of hydrogen-bond donors (Lipinski definition) is 0. The third-order valence-corrected chi connectivity index (χ3v) is 6.84. The summed E-state index contributed by atoms with van der Waals surface area (Å²) in [5, 5.41) is 0. The standard InChI is InChI=1S/C22H32N2O3/c1-26-19-9-4-8-18(20(19)27-2)15-24-12-5-10-22(21(24)25)11-13-23(16-22)14-17-6-3-7-17/h4,8-9,17H,3,5-7,10-16H2,1-2H3. The molecule has 1 aromatic rings. The lowest BCUT2D eigenvalue weighted by atomic mass is 9.78. The van der Waals surface area contributed by atoms with Crippen LogP contribution in [0.25, 0.3) is 0 Å². The Morgan fingerprint density at radius 3 is 2.67 bits per heavy atom. The van der Waals surface area contributed by atoms with Gasteiger partial charge in [0.2, 0.25) is 5.91 Å². The average Bonchev–Trinajstić information content (AvgIpc) is 3.06. The minimum Gasteiger partial charge on any atom is -0.493 e. The molecule has 3 aliphatic rings. The molecule has 1 aromatic carbocycles. The predicted octanol–water partition coefficient (Wildman–Crippen LogP) is 3.32. The Morgan fingerprint density at radius 2 is 1.96 bits per heavy atom. The van der Waals surface area contributed by atoms with Crippen LogP contribution in [0.1, 0.15) is 44.1 Å². The molecule has 1 amide bonds. The Balaban J connectivity index is 1.46.